The molecule has 2 atom stereocenters. The van der Waals surface area contributed by atoms with Crippen LogP contribution in [0.5, 0.6) is 0 Å². The zero-order valence-corrected chi connectivity index (χ0v) is 11.2. The fourth-order valence-electron chi connectivity index (χ4n) is 2.32. The average Bonchev–Trinajstić information content (AvgIpc) is 2.78. The quantitative estimate of drug-likeness (QED) is 0.780. The standard InChI is InChI=1S/C14H21N3O2/c1-2-19-14(18)17-12-7-5-11(6-8-12)16-13-4-3-10(15)9-13/h5-8,10,13,16H,2-4,9,15H2,1H3,(H,17,18). The van der Waals surface area contributed by atoms with Gasteiger partial charge >= 0.3 is 6.09 Å². The zero-order valence-electron chi connectivity index (χ0n) is 11.2. The number of carbonyl (C=O) groups is 1. The molecule has 0 saturated heterocycles. The van der Waals surface area contributed by atoms with E-state index in [4.69, 9.17) is 10.5 Å². The molecule has 1 aliphatic carbocycles. The lowest BCUT2D eigenvalue weighted by atomic mass is 10.2. The monoisotopic (exact) mass is 263 g/mol. The summed E-state index contributed by atoms with van der Waals surface area (Å²) in [5, 5.41) is 6.11. The van der Waals surface area contributed by atoms with Crippen LogP contribution in [0.1, 0.15) is 26.2 Å². The molecule has 1 aromatic rings. The second kappa shape index (κ2) is 6.43. The Morgan fingerprint density at radius 1 is 1.32 bits per heavy atom. The van der Waals surface area contributed by atoms with E-state index in [2.05, 4.69) is 10.6 Å². The summed E-state index contributed by atoms with van der Waals surface area (Å²) < 4.78 is 4.82. The summed E-state index contributed by atoms with van der Waals surface area (Å²) in [6.45, 7) is 2.15. The van der Waals surface area contributed by atoms with Crippen LogP contribution in [0.2, 0.25) is 0 Å². The van der Waals surface area contributed by atoms with E-state index in [1.807, 2.05) is 24.3 Å². The first-order valence-electron chi connectivity index (χ1n) is 6.73. The lowest BCUT2D eigenvalue weighted by Crippen LogP contribution is -2.20. The summed E-state index contributed by atoms with van der Waals surface area (Å²) in [5.41, 5.74) is 7.66. The number of anilines is 2. The van der Waals surface area contributed by atoms with Crippen LogP contribution in [-0.4, -0.2) is 24.8 Å². The number of ether oxygens (including phenoxy) is 1. The van der Waals surface area contributed by atoms with Crippen molar-refractivity contribution < 1.29 is 9.53 Å². The van der Waals surface area contributed by atoms with Gasteiger partial charge in [-0.15, -0.1) is 0 Å². The van der Waals surface area contributed by atoms with Gasteiger partial charge in [-0.05, 0) is 50.5 Å². The summed E-state index contributed by atoms with van der Waals surface area (Å²) in [7, 11) is 0. The van der Waals surface area contributed by atoms with Gasteiger partial charge in [-0.1, -0.05) is 0 Å². The summed E-state index contributed by atoms with van der Waals surface area (Å²) in [5.74, 6) is 0. The molecule has 0 aromatic heterocycles. The van der Waals surface area contributed by atoms with Crippen molar-refractivity contribution in [2.24, 2.45) is 5.73 Å². The third kappa shape index (κ3) is 4.13. The lowest BCUT2D eigenvalue weighted by Gasteiger charge is -2.14. The number of hydrogen-bond donors (Lipinski definition) is 3. The fraction of sp³-hybridized carbons (Fsp3) is 0.500. The van der Waals surface area contributed by atoms with Crippen LogP contribution in [0, 0.1) is 0 Å². The van der Waals surface area contributed by atoms with Crippen LogP contribution < -0.4 is 16.4 Å². The van der Waals surface area contributed by atoms with Crippen molar-refractivity contribution in [3.8, 4) is 0 Å². The molecule has 0 radical (unpaired) electrons. The van der Waals surface area contributed by atoms with Crippen molar-refractivity contribution in [1.29, 1.82) is 0 Å². The molecule has 0 heterocycles. The number of benzene rings is 1. The lowest BCUT2D eigenvalue weighted by molar-refractivity contribution is 0.168. The highest BCUT2D eigenvalue weighted by Crippen LogP contribution is 2.22. The molecule has 5 heteroatoms. The van der Waals surface area contributed by atoms with Gasteiger partial charge in [0.25, 0.3) is 0 Å². The van der Waals surface area contributed by atoms with Gasteiger partial charge in [-0.25, -0.2) is 4.79 Å². The SMILES string of the molecule is CCOC(=O)Nc1ccc(NC2CCC(N)C2)cc1. The second-order valence-corrected chi connectivity index (χ2v) is 4.84. The number of rotatable bonds is 4. The van der Waals surface area contributed by atoms with Crippen molar-refractivity contribution in [3.63, 3.8) is 0 Å². The molecule has 1 fully saturated rings. The predicted molar refractivity (Wildman–Crippen MR) is 76.3 cm³/mol. The van der Waals surface area contributed by atoms with E-state index in [-0.39, 0.29) is 0 Å². The Morgan fingerprint density at radius 2 is 2.00 bits per heavy atom. The molecular formula is C14H21N3O2. The van der Waals surface area contributed by atoms with E-state index >= 15 is 0 Å². The van der Waals surface area contributed by atoms with Crippen LogP contribution in [0.4, 0.5) is 16.2 Å². The molecule has 5 nitrogen and oxygen atoms in total. The van der Waals surface area contributed by atoms with Crippen molar-refractivity contribution >= 4 is 17.5 Å². The minimum absolute atomic E-state index is 0.322. The first-order chi connectivity index (χ1) is 9.17. The average molecular weight is 263 g/mol. The van der Waals surface area contributed by atoms with E-state index in [0.717, 1.165) is 30.6 Å². The second-order valence-electron chi connectivity index (χ2n) is 4.84. The van der Waals surface area contributed by atoms with Crippen molar-refractivity contribution in [2.45, 2.75) is 38.3 Å². The number of amides is 1. The van der Waals surface area contributed by atoms with Gasteiger partial charge < -0.3 is 15.8 Å². The molecule has 2 unspecified atom stereocenters. The molecule has 1 aliphatic rings. The molecule has 19 heavy (non-hydrogen) atoms. The van der Waals surface area contributed by atoms with E-state index in [9.17, 15) is 4.79 Å². The molecule has 0 spiro atoms. The highest BCUT2D eigenvalue weighted by atomic mass is 16.5. The molecule has 104 valence electrons. The van der Waals surface area contributed by atoms with Crippen LogP contribution in [-0.2, 0) is 4.74 Å². The molecule has 2 rings (SSSR count). The normalized spacial score (nSPS) is 22.0. The number of nitrogens with one attached hydrogen (secondary N) is 2. The van der Waals surface area contributed by atoms with E-state index in [0.29, 0.717) is 18.7 Å². The minimum atomic E-state index is -0.426. The maximum atomic E-state index is 11.2. The van der Waals surface area contributed by atoms with Crippen LogP contribution in [0.3, 0.4) is 0 Å². The number of nitrogens with two attached hydrogens (primary N) is 1. The third-order valence-electron chi connectivity index (χ3n) is 3.25. The first-order valence-corrected chi connectivity index (χ1v) is 6.73. The Labute approximate surface area is 113 Å². The van der Waals surface area contributed by atoms with Gasteiger partial charge in [-0.2, -0.15) is 0 Å². The molecular weight excluding hydrogens is 242 g/mol. The number of hydrogen-bond acceptors (Lipinski definition) is 4. The Morgan fingerprint density at radius 3 is 2.58 bits per heavy atom. The molecule has 1 amide bonds. The Bertz CT molecular complexity index is 419. The van der Waals surface area contributed by atoms with Crippen LogP contribution in [0.25, 0.3) is 0 Å². The van der Waals surface area contributed by atoms with Gasteiger partial charge in [0, 0.05) is 23.5 Å². The molecule has 1 saturated carbocycles. The van der Waals surface area contributed by atoms with Crippen LogP contribution >= 0.6 is 0 Å². The largest absolute Gasteiger partial charge is 0.450 e. The van der Waals surface area contributed by atoms with E-state index < -0.39 is 6.09 Å². The van der Waals surface area contributed by atoms with Gasteiger partial charge in [-0.3, -0.25) is 5.32 Å². The zero-order chi connectivity index (χ0) is 13.7. The third-order valence-corrected chi connectivity index (χ3v) is 3.25. The molecule has 0 bridgehead atoms. The van der Waals surface area contributed by atoms with E-state index in [1.54, 1.807) is 6.92 Å². The van der Waals surface area contributed by atoms with Gasteiger partial charge in [0.1, 0.15) is 0 Å². The van der Waals surface area contributed by atoms with Crippen molar-refractivity contribution in [1.82, 2.24) is 0 Å². The topological polar surface area (TPSA) is 76.4 Å². The summed E-state index contributed by atoms with van der Waals surface area (Å²) in [6.07, 6.45) is 2.79. The maximum absolute atomic E-state index is 11.2. The van der Waals surface area contributed by atoms with Gasteiger partial charge in [0.15, 0.2) is 0 Å². The first kappa shape index (κ1) is 13.7. The molecule has 1 aromatic carbocycles. The van der Waals surface area contributed by atoms with Crippen LogP contribution in [0.15, 0.2) is 24.3 Å². The Kier molecular flexibility index (Phi) is 4.63. The molecule has 0 aliphatic heterocycles. The van der Waals surface area contributed by atoms with Gasteiger partial charge in [0.2, 0.25) is 0 Å². The highest BCUT2D eigenvalue weighted by molar-refractivity contribution is 5.84. The Balaban J connectivity index is 1.86. The molecule has 4 N–H and O–H groups in total. The summed E-state index contributed by atoms with van der Waals surface area (Å²) in [6, 6.07) is 8.39. The van der Waals surface area contributed by atoms with Crippen molar-refractivity contribution in [2.75, 3.05) is 17.2 Å². The predicted octanol–water partition coefficient (Wildman–Crippen LogP) is 2.55. The highest BCUT2D eigenvalue weighted by Gasteiger charge is 2.21. The number of carbonyl (C=O) groups excluding carboxylic acids is 1. The smallest absolute Gasteiger partial charge is 0.411 e. The van der Waals surface area contributed by atoms with Gasteiger partial charge in [0.05, 0.1) is 6.61 Å². The summed E-state index contributed by atoms with van der Waals surface area (Å²) >= 11 is 0. The maximum Gasteiger partial charge on any atom is 0.411 e. The van der Waals surface area contributed by atoms with Crippen molar-refractivity contribution in [3.05, 3.63) is 24.3 Å². The minimum Gasteiger partial charge on any atom is -0.450 e. The Hall–Kier alpha value is -1.75. The summed E-state index contributed by atoms with van der Waals surface area (Å²) in [4.78, 5) is 11.2. The fourth-order valence-corrected chi connectivity index (χ4v) is 2.32. The van der Waals surface area contributed by atoms with E-state index in [1.165, 1.54) is 0 Å².